The average Bonchev–Trinajstić information content (AvgIpc) is 2.31. The second-order valence-corrected chi connectivity index (χ2v) is 4.28. The summed E-state index contributed by atoms with van der Waals surface area (Å²) >= 11 is 0. The number of ketones is 1. The lowest BCUT2D eigenvalue weighted by Gasteiger charge is -2.22. The molecule has 1 heterocycles. The van der Waals surface area contributed by atoms with E-state index in [9.17, 15) is 9.18 Å². The third kappa shape index (κ3) is 2.89. The maximum absolute atomic E-state index is 12.7. The first-order chi connectivity index (χ1) is 7.75. The molecule has 1 aromatic rings. The highest BCUT2D eigenvalue weighted by Crippen LogP contribution is 2.13. The molecule has 86 valence electrons. The van der Waals surface area contributed by atoms with E-state index >= 15 is 0 Å². The van der Waals surface area contributed by atoms with Crippen molar-refractivity contribution in [1.29, 1.82) is 0 Å². The van der Waals surface area contributed by atoms with Gasteiger partial charge in [-0.2, -0.15) is 0 Å². The average molecular weight is 221 g/mol. The zero-order chi connectivity index (χ0) is 11.4. The zero-order valence-corrected chi connectivity index (χ0v) is 9.21. The molecule has 2 nitrogen and oxygen atoms in total. The minimum absolute atomic E-state index is 0.0967. The normalized spacial score (nSPS) is 20.7. The minimum atomic E-state index is -0.299. The van der Waals surface area contributed by atoms with E-state index in [-0.39, 0.29) is 11.6 Å². The minimum Gasteiger partial charge on any atom is -0.314 e. The first kappa shape index (κ1) is 11.3. The van der Waals surface area contributed by atoms with Crippen LogP contribution in [0.15, 0.2) is 24.3 Å². The van der Waals surface area contributed by atoms with Gasteiger partial charge in [0, 0.05) is 18.0 Å². The molecule has 1 saturated heterocycles. The van der Waals surface area contributed by atoms with E-state index < -0.39 is 0 Å². The van der Waals surface area contributed by atoms with E-state index in [4.69, 9.17) is 0 Å². The highest BCUT2D eigenvalue weighted by atomic mass is 19.1. The number of carbonyl (C=O) groups is 1. The molecule has 0 saturated carbocycles. The molecular formula is C13H16FNO. The highest BCUT2D eigenvalue weighted by Gasteiger charge is 2.17. The number of carbonyl (C=O) groups excluding carboxylic acids is 1. The lowest BCUT2D eigenvalue weighted by Crippen LogP contribution is -2.35. The van der Waals surface area contributed by atoms with Crippen molar-refractivity contribution in [3.8, 4) is 0 Å². The van der Waals surface area contributed by atoms with Crippen LogP contribution >= 0.6 is 0 Å². The summed E-state index contributed by atoms with van der Waals surface area (Å²) in [5.74, 6) is -0.202. The van der Waals surface area contributed by atoms with Crippen LogP contribution < -0.4 is 5.32 Å². The fourth-order valence-electron chi connectivity index (χ4n) is 2.08. The predicted octanol–water partition coefficient (Wildman–Crippen LogP) is 2.54. The maximum Gasteiger partial charge on any atom is 0.164 e. The van der Waals surface area contributed by atoms with Crippen molar-refractivity contribution in [2.45, 2.75) is 31.7 Å². The Bertz CT molecular complexity index is 355. The molecular weight excluding hydrogens is 205 g/mol. The third-order valence-corrected chi connectivity index (χ3v) is 3.01. The van der Waals surface area contributed by atoms with Gasteiger partial charge in [0.25, 0.3) is 0 Å². The van der Waals surface area contributed by atoms with Crippen LogP contribution in [0, 0.1) is 5.82 Å². The van der Waals surface area contributed by atoms with E-state index in [0.717, 1.165) is 13.0 Å². The van der Waals surface area contributed by atoms with Crippen LogP contribution in [0.4, 0.5) is 4.39 Å². The molecule has 3 heteroatoms. The van der Waals surface area contributed by atoms with Gasteiger partial charge in [-0.15, -0.1) is 0 Å². The SMILES string of the molecule is O=C(CC1CCCCN1)c1ccc(F)cc1. The lowest BCUT2D eigenvalue weighted by molar-refractivity contribution is 0.0963. The third-order valence-electron chi connectivity index (χ3n) is 3.01. The summed E-state index contributed by atoms with van der Waals surface area (Å²) in [7, 11) is 0. The van der Waals surface area contributed by atoms with Gasteiger partial charge < -0.3 is 5.32 Å². The Morgan fingerprint density at radius 3 is 2.69 bits per heavy atom. The van der Waals surface area contributed by atoms with Crippen LogP contribution in [-0.2, 0) is 0 Å². The van der Waals surface area contributed by atoms with Crippen LogP contribution in [0.5, 0.6) is 0 Å². The summed E-state index contributed by atoms with van der Waals surface area (Å²) in [5.41, 5.74) is 0.605. The molecule has 1 aliphatic heterocycles. The molecule has 1 atom stereocenters. The van der Waals surface area contributed by atoms with Crippen molar-refractivity contribution in [1.82, 2.24) is 5.32 Å². The van der Waals surface area contributed by atoms with Gasteiger partial charge in [-0.25, -0.2) is 4.39 Å². The molecule has 1 unspecified atom stereocenters. The summed E-state index contributed by atoms with van der Waals surface area (Å²) in [6, 6.07) is 6.08. The Kier molecular flexibility index (Phi) is 3.67. The van der Waals surface area contributed by atoms with E-state index in [1.807, 2.05) is 0 Å². The van der Waals surface area contributed by atoms with Crippen molar-refractivity contribution in [2.75, 3.05) is 6.54 Å². The molecule has 0 spiro atoms. The smallest absolute Gasteiger partial charge is 0.164 e. The molecule has 0 aromatic heterocycles. The molecule has 0 amide bonds. The summed E-state index contributed by atoms with van der Waals surface area (Å²) < 4.78 is 12.7. The number of halogens is 1. The van der Waals surface area contributed by atoms with Crippen molar-refractivity contribution >= 4 is 5.78 Å². The van der Waals surface area contributed by atoms with Crippen molar-refractivity contribution in [3.63, 3.8) is 0 Å². The van der Waals surface area contributed by atoms with Gasteiger partial charge in [0.05, 0.1) is 0 Å². The van der Waals surface area contributed by atoms with Gasteiger partial charge in [-0.3, -0.25) is 4.79 Å². The molecule has 2 rings (SSSR count). The van der Waals surface area contributed by atoms with Crippen LogP contribution in [0.2, 0.25) is 0 Å². The first-order valence-corrected chi connectivity index (χ1v) is 5.78. The number of hydrogen-bond acceptors (Lipinski definition) is 2. The molecule has 1 aliphatic rings. The number of nitrogens with one attached hydrogen (secondary N) is 1. The van der Waals surface area contributed by atoms with Crippen molar-refractivity contribution in [2.24, 2.45) is 0 Å². The fraction of sp³-hybridized carbons (Fsp3) is 0.462. The fourth-order valence-corrected chi connectivity index (χ4v) is 2.08. The number of benzene rings is 1. The molecule has 0 aliphatic carbocycles. The van der Waals surface area contributed by atoms with Gasteiger partial charge in [-0.05, 0) is 43.7 Å². The molecule has 1 aromatic carbocycles. The summed E-state index contributed by atoms with van der Waals surface area (Å²) in [6.45, 7) is 1.00. The largest absolute Gasteiger partial charge is 0.314 e. The maximum atomic E-state index is 12.7. The predicted molar refractivity (Wildman–Crippen MR) is 61.0 cm³/mol. The second kappa shape index (κ2) is 5.21. The van der Waals surface area contributed by atoms with Crippen molar-refractivity contribution < 1.29 is 9.18 Å². The van der Waals surface area contributed by atoms with Crippen LogP contribution in [0.3, 0.4) is 0 Å². The number of Topliss-reactive ketones (excluding diaryl/α,β-unsaturated/α-hetero) is 1. The monoisotopic (exact) mass is 221 g/mol. The molecule has 1 fully saturated rings. The Labute approximate surface area is 94.9 Å². The first-order valence-electron chi connectivity index (χ1n) is 5.78. The number of piperidine rings is 1. The van der Waals surface area contributed by atoms with Crippen LogP contribution in [-0.4, -0.2) is 18.4 Å². The zero-order valence-electron chi connectivity index (χ0n) is 9.21. The van der Waals surface area contributed by atoms with Gasteiger partial charge in [0.2, 0.25) is 0 Å². The number of rotatable bonds is 3. The molecule has 16 heavy (non-hydrogen) atoms. The van der Waals surface area contributed by atoms with Crippen molar-refractivity contribution in [3.05, 3.63) is 35.6 Å². The summed E-state index contributed by atoms with van der Waals surface area (Å²) in [5, 5.41) is 3.34. The van der Waals surface area contributed by atoms with Gasteiger partial charge in [0.15, 0.2) is 5.78 Å². The van der Waals surface area contributed by atoms with E-state index in [1.54, 1.807) is 12.1 Å². The standard InChI is InChI=1S/C13H16FNO/c14-11-6-4-10(5-7-11)13(16)9-12-3-1-2-8-15-12/h4-7,12,15H,1-3,8-9H2. The Morgan fingerprint density at radius 1 is 1.31 bits per heavy atom. The Balaban J connectivity index is 1.94. The van der Waals surface area contributed by atoms with Gasteiger partial charge >= 0.3 is 0 Å². The van der Waals surface area contributed by atoms with E-state index in [1.165, 1.54) is 25.0 Å². The number of hydrogen-bond donors (Lipinski definition) is 1. The topological polar surface area (TPSA) is 29.1 Å². The summed E-state index contributed by atoms with van der Waals surface area (Å²) in [6.07, 6.45) is 3.97. The van der Waals surface area contributed by atoms with E-state index in [0.29, 0.717) is 18.0 Å². The van der Waals surface area contributed by atoms with Gasteiger partial charge in [0.1, 0.15) is 5.82 Å². The van der Waals surface area contributed by atoms with E-state index in [2.05, 4.69) is 5.32 Å². The Hall–Kier alpha value is -1.22. The molecule has 0 radical (unpaired) electrons. The van der Waals surface area contributed by atoms with Crippen LogP contribution in [0.1, 0.15) is 36.0 Å². The van der Waals surface area contributed by atoms with Gasteiger partial charge in [-0.1, -0.05) is 6.42 Å². The Morgan fingerprint density at radius 2 is 2.06 bits per heavy atom. The lowest BCUT2D eigenvalue weighted by atomic mass is 9.97. The second-order valence-electron chi connectivity index (χ2n) is 4.28. The summed E-state index contributed by atoms with van der Waals surface area (Å²) in [4.78, 5) is 11.9. The highest BCUT2D eigenvalue weighted by molar-refractivity contribution is 5.96. The molecule has 0 bridgehead atoms. The molecule has 1 N–H and O–H groups in total. The quantitative estimate of drug-likeness (QED) is 0.795. The van der Waals surface area contributed by atoms with Crippen LogP contribution in [0.25, 0.3) is 0 Å².